The van der Waals surface area contributed by atoms with Crippen LogP contribution in [0.3, 0.4) is 0 Å². The van der Waals surface area contributed by atoms with Crippen molar-refractivity contribution in [2.75, 3.05) is 0 Å². The van der Waals surface area contributed by atoms with Crippen LogP contribution in [0.5, 0.6) is 0 Å². The Hall–Kier alpha value is -2.10. The topological polar surface area (TPSA) is 58.2 Å². The van der Waals surface area contributed by atoms with Crippen LogP contribution in [0.25, 0.3) is 0 Å². The molecule has 0 unspecified atom stereocenters. The molecule has 0 atom stereocenters. The molecule has 4 nitrogen and oxygen atoms in total. The van der Waals surface area contributed by atoms with E-state index >= 15 is 0 Å². The molecule has 0 heterocycles. The molecule has 0 radical (unpaired) electrons. The molecule has 3 rings (SSSR count). The summed E-state index contributed by atoms with van der Waals surface area (Å²) in [6.45, 7) is 3.43. The Bertz CT molecular complexity index is 603. The van der Waals surface area contributed by atoms with Crippen LogP contribution in [-0.4, -0.2) is 23.9 Å². The molecular weight excluding hydrogens is 276 g/mol. The molecule has 1 saturated carbocycles. The Kier molecular flexibility index (Phi) is 4.27. The summed E-state index contributed by atoms with van der Waals surface area (Å²) in [6.07, 6.45) is 6.85. The third-order valence-corrected chi connectivity index (χ3v) is 4.56. The van der Waals surface area contributed by atoms with Crippen LogP contribution >= 0.6 is 0 Å². The highest BCUT2D eigenvalue weighted by molar-refractivity contribution is 5.87. The van der Waals surface area contributed by atoms with E-state index in [-0.39, 0.29) is 23.9 Å². The van der Waals surface area contributed by atoms with Gasteiger partial charge in [0.15, 0.2) is 0 Å². The highest BCUT2D eigenvalue weighted by Crippen LogP contribution is 2.23. The van der Waals surface area contributed by atoms with Gasteiger partial charge in [0.1, 0.15) is 0 Å². The molecule has 0 aromatic heterocycles. The molecule has 1 fully saturated rings. The van der Waals surface area contributed by atoms with Gasteiger partial charge in [-0.2, -0.15) is 0 Å². The first-order chi connectivity index (χ1) is 10.6. The van der Waals surface area contributed by atoms with E-state index in [1.165, 1.54) is 30.0 Å². The molecule has 1 aromatic rings. The van der Waals surface area contributed by atoms with E-state index in [9.17, 15) is 9.59 Å². The maximum Gasteiger partial charge on any atom is 0.243 e. The van der Waals surface area contributed by atoms with Gasteiger partial charge in [0.05, 0.1) is 6.42 Å². The van der Waals surface area contributed by atoms with Gasteiger partial charge in [-0.1, -0.05) is 24.8 Å². The third-order valence-electron chi connectivity index (χ3n) is 4.56. The van der Waals surface area contributed by atoms with Gasteiger partial charge in [-0.25, -0.2) is 0 Å². The summed E-state index contributed by atoms with van der Waals surface area (Å²) in [5, 5.41) is 5.88. The fraction of sp³-hybridized carbons (Fsp3) is 0.444. The van der Waals surface area contributed by atoms with E-state index in [2.05, 4.69) is 35.4 Å². The largest absolute Gasteiger partial charge is 0.353 e. The van der Waals surface area contributed by atoms with Crippen molar-refractivity contribution in [3.8, 4) is 0 Å². The van der Waals surface area contributed by atoms with Gasteiger partial charge in [0.2, 0.25) is 11.8 Å². The monoisotopic (exact) mass is 298 g/mol. The number of rotatable bonds is 5. The van der Waals surface area contributed by atoms with Crippen molar-refractivity contribution in [1.29, 1.82) is 0 Å². The molecule has 2 N–H and O–H groups in total. The summed E-state index contributed by atoms with van der Waals surface area (Å²) in [7, 11) is 0. The maximum atomic E-state index is 12.1. The second-order valence-electron chi connectivity index (χ2n) is 6.28. The van der Waals surface area contributed by atoms with Gasteiger partial charge >= 0.3 is 0 Å². The number of amides is 2. The summed E-state index contributed by atoms with van der Waals surface area (Å²) in [5.74, 6) is -0.0793. The number of fused-ring (bicyclic) bond motifs is 1. The first kappa shape index (κ1) is 14.8. The van der Waals surface area contributed by atoms with E-state index in [1.807, 2.05) is 0 Å². The Balaban J connectivity index is 1.44. The van der Waals surface area contributed by atoms with Gasteiger partial charge in [-0.3, -0.25) is 9.59 Å². The van der Waals surface area contributed by atoms with E-state index in [4.69, 9.17) is 0 Å². The Labute approximate surface area is 131 Å². The van der Waals surface area contributed by atoms with E-state index in [0.29, 0.717) is 6.42 Å². The zero-order valence-corrected chi connectivity index (χ0v) is 12.7. The van der Waals surface area contributed by atoms with Gasteiger partial charge in [0, 0.05) is 12.1 Å². The van der Waals surface area contributed by atoms with Crippen molar-refractivity contribution in [3.63, 3.8) is 0 Å². The standard InChI is InChI=1S/C18H22N2O2/c1-2-17(21)19-15-10-16(11-15)20-18(22)9-12-6-7-13-4-3-5-14(13)8-12/h2,6-8,15-16H,1,3-5,9-11H2,(H,19,21)(H,20,22). The second kappa shape index (κ2) is 6.34. The SMILES string of the molecule is C=CC(=O)NC1CC(NC(=O)Cc2ccc3c(c2)CCC3)C1. The quantitative estimate of drug-likeness (QED) is 0.812. The van der Waals surface area contributed by atoms with Gasteiger partial charge < -0.3 is 10.6 Å². The van der Waals surface area contributed by atoms with Crippen LogP contribution in [0.1, 0.15) is 36.0 Å². The first-order valence-corrected chi connectivity index (χ1v) is 7.97. The summed E-state index contributed by atoms with van der Waals surface area (Å²) in [6, 6.07) is 6.75. The number of benzene rings is 1. The minimum Gasteiger partial charge on any atom is -0.353 e. The zero-order chi connectivity index (χ0) is 15.5. The smallest absolute Gasteiger partial charge is 0.243 e. The van der Waals surface area contributed by atoms with E-state index < -0.39 is 0 Å². The van der Waals surface area contributed by atoms with Crippen LogP contribution in [0.4, 0.5) is 0 Å². The molecular formula is C18H22N2O2. The maximum absolute atomic E-state index is 12.1. The van der Waals surface area contributed by atoms with Gasteiger partial charge in [-0.15, -0.1) is 0 Å². The summed E-state index contributed by atoms with van der Waals surface area (Å²) in [5.41, 5.74) is 3.93. The predicted octanol–water partition coefficient (Wildman–Crippen LogP) is 1.67. The summed E-state index contributed by atoms with van der Waals surface area (Å²) >= 11 is 0. The van der Waals surface area contributed by atoms with Crippen LogP contribution in [-0.2, 0) is 28.9 Å². The lowest BCUT2D eigenvalue weighted by Crippen LogP contribution is -2.53. The van der Waals surface area contributed by atoms with Gasteiger partial charge in [0.25, 0.3) is 0 Å². The average molecular weight is 298 g/mol. The van der Waals surface area contributed by atoms with E-state index in [1.54, 1.807) is 0 Å². The average Bonchev–Trinajstić information content (AvgIpc) is 2.92. The number of carbonyl (C=O) groups is 2. The molecule has 22 heavy (non-hydrogen) atoms. The number of hydrogen-bond acceptors (Lipinski definition) is 2. The summed E-state index contributed by atoms with van der Waals surface area (Å²) in [4.78, 5) is 23.2. The van der Waals surface area contributed by atoms with Crippen molar-refractivity contribution in [3.05, 3.63) is 47.5 Å². The Morgan fingerprint density at radius 2 is 1.86 bits per heavy atom. The minimum atomic E-state index is -0.145. The molecule has 0 aliphatic heterocycles. The van der Waals surface area contributed by atoms with Crippen molar-refractivity contribution in [2.45, 2.75) is 50.6 Å². The van der Waals surface area contributed by atoms with E-state index in [0.717, 1.165) is 24.8 Å². The lowest BCUT2D eigenvalue weighted by Gasteiger charge is -2.36. The lowest BCUT2D eigenvalue weighted by atomic mass is 9.86. The molecule has 1 aromatic carbocycles. The third kappa shape index (κ3) is 3.38. The Morgan fingerprint density at radius 3 is 2.64 bits per heavy atom. The molecule has 2 aliphatic carbocycles. The molecule has 0 saturated heterocycles. The van der Waals surface area contributed by atoms with Crippen molar-refractivity contribution < 1.29 is 9.59 Å². The molecule has 2 aliphatic rings. The lowest BCUT2D eigenvalue weighted by molar-refractivity contribution is -0.122. The normalized spacial score (nSPS) is 22.4. The molecule has 0 spiro atoms. The first-order valence-electron chi connectivity index (χ1n) is 7.97. The fourth-order valence-electron chi connectivity index (χ4n) is 3.31. The minimum absolute atomic E-state index is 0.0662. The van der Waals surface area contributed by atoms with Crippen LogP contribution in [0, 0.1) is 0 Å². The number of nitrogens with one attached hydrogen (secondary N) is 2. The summed E-state index contributed by atoms with van der Waals surface area (Å²) < 4.78 is 0. The van der Waals surface area contributed by atoms with Crippen LogP contribution in [0.15, 0.2) is 30.9 Å². The molecule has 116 valence electrons. The van der Waals surface area contributed by atoms with Gasteiger partial charge in [-0.05, 0) is 54.9 Å². The highest BCUT2D eigenvalue weighted by atomic mass is 16.2. The van der Waals surface area contributed by atoms with Crippen LogP contribution < -0.4 is 10.6 Å². The predicted molar refractivity (Wildman–Crippen MR) is 85.5 cm³/mol. The zero-order valence-electron chi connectivity index (χ0n) is 12.7. The van der Waals surface area contributed by atoms with Crippen molar-refractivity contribution in [2.24, 2.45) is 0 Å². The number of carbonyl (C=O) groups excluding carboxylic acids is 2. The van der Waals surface area contributed by atoms with Crippen LogP contribution in [0.2, 0.25) is 0 Å². The molecule has 4 heteroatoms. The number of aryl methyl sites for hydroxylation is 2. The highest BCUT2D eigenvalue weighted by Gasteiger charge is 2.30. The second-order valence-corrected chi connectivity index (χ2v) is 6.28. The number of hydrogen-bond donors (Lipinski definition) is 2. The molecule has 0 bridgehead atoms. The van der Waals surface area contributed by atoms with Crippen molar-refractivity contribution in [1.82, 2.24) is 10.6 Å². The fourth-order valence-corrected chi connectivity index (χ4v) is 3.31. The Morgan fingerprint density at radius 1 is 1.14 bits per heavy atom. The molecule has 2 amide bonds. The van der Waals surface area contributed by atoms with Crippen molar-refractivity contribution >= 4 is 11.8 Å².